The number of amides is 1. The van der Waals surface area contributed by atoms with E-state index in [1.807, 2.05) is 20.8 Å². The van der Waals surface area contributed by atoms with Gasteiger partial charge in [0.05, 0.1) is 25.8 Å². The topological polar surface area (TPSA) is 82.4 Å². The van der Waals surface area contributed by atoms with Gasteiger partial charge < -0.3 is 10.1 Å². The SMILES string of the molecule is CCCN(CC(=O)NC(C)(C#N)C(C)C)CC(=O)OCC. The zero-order valence-electron chi connectivity index (χ0n) is 13.7. The van der Waals surface area contributed by atoms with Crippen LogP contribution in [-0.2, 0) is 14.3 Å². The molecule has 0 bridgehead atoms. The first-order valence-electron chi connectivity index (χ1n) is 7.39. The van der Waals surface area contributed by atoms with E-state index < -0.39 is 5.54 Å². The first-order chi connectivity index (χ1) is 9.78. The molecule has 0 radical (unpaired) electrons. The first kappa shape index (κ1) is 19.4. The molecule has 0 aromatic heterocycles. The Morgan fingerprint density at radius 3 is 2.38 bits per heavy atom. The van der Waals surface area contributed by atoms with Gasteiger partial charge in [0.1, 0.15) is 5.54 Å². The molecule has 6 heteroatoms. The minimum absolute atomic E-state index is 0.00358. The summed E-state index contributed by atoms with van der Waals surface area (Å²) in [5.74, 6) is -0.604. The van der Waals surface area contributed by atoms with E-state index in [-0.39, 0.29) is 30.9 Å². The Morgan fingerprint density at radius 1 is 1.33 bits per heavy atom. The molecule has 6 nitrogen and oxygen atoms in total. The van der Waals surface area contributed by atoms with Crippen LogP contribution in [0.3, 0.4) is 0 Å². The summed E-state index contributed by atoms with van der Waals surface area (Å²) >= 11 is 0. The van der Waals surface area contributed by atoms with Gasteiger partial charge in [0.2, 0.25) is 5.91 Å². The number of carbonyl (C=O) groups excluding carboxylic acids is 2. The van der Waals surface area contributed by atoms with E-state index in [1.165, 1.54) is 0 Å². The Hall–Kier alpha value is -1.61. The molecule has 0 spiro atoms. The van der Waals surface area contributed by atoms with Crippen molar-refractivity contribution in [2.75, 3.05) is 26.2 Å². The monoisotopic (exact) mass is 297 g/mol. The highest BCUT2D eigenvalue weighted by Crippen LogP contribution is 2.14. The molecule has 0 saturated carbocycles. The van der Waals surface area contributed by atoms with Crippen LogP contribution >= 0.6 is 0 Å². The summed E-state index contributed by atoms with van der Waals surface area (Å²) in [6.07, 6.45) is 0.826. The summed E-state index contributed by atoms with van der Waals surface area (Å²) < 4.78 is 4.90. The number of hydrogen-bond acceptors (Lipinski definition) is 5. The Bertz CT molecular complexity index is 390. The first-order valence-corrected chi connectivity index (χ1v) is 7.39. The molecule has 21 heavy (non-hydrogen) atoms. The van der Waals surface area contributed by atoms with Gasteiger partial charge in [0.15, 0.2) is 0 Å². The predicted octanol–water partition coefficient (Wildman–Crippen LogP) is 1.32. The largest absolute Gasteiger partial charge is 0.465 e. The molecule has 1 unspecified atom stereocenters. The van der Waals surface area contributed by atoms with Gasteiger partial charge in [-0.1, -0.05) is 20.8 Å². The average Bonchev–Trinajstić information content (AvgIpc) is 2.38. The molecular formula is C15H27N3O3. The third-order valence-corrected chi connectivity index (χ3v) is 3.35. The molecule has 0 aromatic carbocycles. The highest BCUT2D eigenvalue weighted by atomic mass is 16.5. The van der Waals surface area contributed by atoms with Crippen LogP contribution in [0.2, 0.25) is 0 Å². The van der Waals surface area contributed by atoms with Crippen LogP contribution < -0.4 is 5.32 Å². The summed E-state index contributed by atoms with van der Waals surface area (Å²) in [5, 5.41) is 11.9. The van der Waals surface area contributed by atoms with Gasteiger partial charge in [-0.15, -0.1) is 0 Å². The number of nitrogens with zero attached hydrogens (tertiary/aromatic N) is 2. The number of rotatable bonds is 9. The van der Waals surface area contributed by atoms with Gasteiger partial charge in [-0.3, -0.25) is 14.5 Å². The quantitative estimate of drug-likeness (QED) is 0.649. The lowest BCUT2D eigenvalue weighted by molar-refractivity contribution is -0.144. The highest BCUT2D eigenvalue weighted by molar-refractivity contribution is 5.80. The van der Waals surface area contributed by atoms with Crippen LogP contribution in [0, 0.1) is 17.2 Å². The summed E-state index contributed by atoms with van der Waals surface area (Å²) in [5.41, 5.74) is -0.904. The highest BCUT2D eigenvalue weighted by Gasteiger charge is 2.30. The second-order valence-electron chi connectivity index (χ2n) is 5.53. The fourth-order valence-electron chi connectivity index (χ4n) is 1.75. The number of ether oxygens (including phenoxy) is 1. The molecule has 0 heterocycles. The fourth-order valence-corrected chi connectivity index (χ4v) is 1.75. The maximum absolute atomic E-state index is 12.1. The van der Waals surface area contributed by atoms with Crippen molar-refractivity contribution in [3.63, 3.8) is 0 Å². The van der Waals surface area contributed by atoms with E-state index in [0.29, 0.717) is 13.2 Å². The predicted molar refractivity (Wildman–Crippen MR) is 80.4 cm³/mol. The van der Waals surface area contributed by atoms with Crippen molar-refractivity contribution < 1.29 is 14.3 Å². The number of nitriles is 1. The van der Waals surface area contributed by atoms with Crippen molar-refractivity contribution in [2.24, 2.45) is 5.92 Å². The van der Waals surface area contributed by atoms with Gasteiger partial charge >= 0.3 is 5.97 Å². The van der Waals surface area contributed by atoms with Crippen LogP contribution in [0.4, 0.5) is 0 Å². The second kappa shape index (κ2) is 9.35. The van der Waals surface area contributed by atoms with Gasteiger partial charge in [-0.05, 0) is 32.7 Å². The van der Waals surface area contributed by atoms with Crippen molar-refractivity contribution in [3.05, 3.63) is 0 Å². The van der Waals surface area contributed by atoms with Crippen molar-refractivity contribution in [1.82, 2.24) is 10.2 Å². The lowest BCUT2D eigenvalue weighted by Gasteiger charge is -2.29. The number of carbonyl (C=O) groups is 2. The summed E-state index contributed by atoms with van der Waals surface area (Å²) in [4.78, 5) is 25.3. The zero-order chi connectivity index (χ0) is 16.5. The van der Waals surface area contributed by atoms with Crippen molar-refractivity contribution >= 4 is 11.9 Å². The summed E-state index contributed by atoms with van der Waals surface area (Å²) in [6, 6.07) is 2.13. The molecule has 120 valence electrons. The van der Waals surface area contributed by atoms with E-state index in [2.05, 4.69) is 11.4 Å². The molecule has 0 aliphatic heterocycles. The Kier molecular flexibility index (Phi) is 8.63. The Balaban J connectivity index is 4.61. The standard InChI is InChI=1S/C15H27N3O3/c1-6-8-18(10-14(20)21-7-2)9-13(19)17-15(5,11-16)12(3)4/h12H,6-10H2,1-5H3,(H,17,19). The molecule has 1 N–H and O–H groups in total. The molecule has 0 aliphatic carbocycles. The van der Waals surface area contributed by atoms with Crippen LogP contribution in [0.1, 0.15) is 41.0 Å². The maximum atomic E-state index is 12.1. The molecule has 0 saturated heterocycles. The molecular weight excluding hydrogens is 270 g/mol. The average molecular weight is 297 g/mol. The third kappa shape index (κ3) is 7.09. The number of hydrogen-bond donors (Lipinski definition) is 1. The number of esters is 1. The van der Waals surface area contributed by atoms with E-state index in [0.717, 1.165) is 6.42 Å². The molecule has 0 aromatic rings. The van der Waals surface area contributed by atoms with Crippen molar-refractivity contribution in [1.29, 1.82) is 5.26 Å². The summed E-state index contributed by atoms with van der Waals surface area (Å²) in [6.45, 7) is 10.3. The lowest BCUT2D eigenvalue weighted by atomic mass is 9.90. The van der Waals surface area contributed by atoms with Gasteiger partial charge in [0, 0.05) is 0 Å². The normalized spacial score (nSPS) is 13.6. The van der Waals surface area contributed by atoms with E-state index in [4.69, 9.17) is 4.74 Å². The fraction of sp³-hybridized carbons (Fsp3) is 0.800. The van der Waals surface area contributed by atoms with Crippen LogP contribution in [0.5, 0.6) is 0 Å². The van der Waals surface area contributed by atoms with Crippen molar-refractivity contribution in [2.45, 2.75) is 46.6 Å². The van der Waals surface area contributed by atoms with Crippen molar-refractivity contribution in [3.8, 4) is 6.07 Å². The molecule has 1 atom stereocenters. The van der Waals surface area contributed by atoms with Gasteiger partial charge in [0.25, 0.3) is 0 Å². The third-order valence-electron chi connectivity index (χ3n) is 3.35. The van der Waals surface area contributed by atoms with Crippen LogP contribution in [-0.4, -0.2) is 48.6 Å². The van der Waals surface area contributed by atoms with Crippen LogP contribution in [0.15, 0.2) is 0 Å². The minimum atomic E-state index is -0.904. The molecule has 1 amide bonds. The van der Waals surface area contributed by atoms with E-state index >= 15 is 0 Å². The Labute approximate surface area is 127 Å². The molecule has 0 rings (SSSR count). The van der Waals surface area contributed by atoms with Gasteiger partial charge in [-0.25, -0.2) is 0 Å². The summed E-state index contributed by atoms with van der Waals surface area (Å²) in [7, 11) is 0. The van der Waals surface area contributed by atoms with E-state index in [1.54, 1.807) is 18.7 Å². The molecule has 0 aliphatic rings. The van der Waals surface area contributed by atoms with E-state index in [9.17, 15) is 14.9 Å². The Morgan fingerprint density at radius 2 is 1.95 bits per heavy atom. The second-order valence-corrected chi connectivity index (χ2v) is 5.53. The zero-order valence-corrected chi connectivity index (χ0v) is 13.7. The number of nitrogens with one attached hydrogen (secondary N) is 1. The lowest BCUT2D eigenvalue weighted by Crippen LogP contribution is -2.52. The van der Waals surface area contributed by atoms with Gasteiger partial charge in [-0.2, -0.15) is 5.26 Å². The molecule has 0 fully saturated rings. The smallest absolute Gasteiger partial charge is 0.320 e. The van der Waals surface area contributed by atoms with Crippen LogP contribution in [0.25, 0.3) is 0 Å². The minimum Gasteiger partial charge on any atom is -0.465 e. The maximum Gasteiger partial charge on any atom is 0.320 e.